The summed E-state index contributed by atoms with van der Waals surface area (Å²) in [5.41, 5.74) is 9.53. The number of thiophene rings is 1. The molecule has 1 aromatic heterocycles. The minimum atomic E-state index is 0.143. The Hall–Kier alpha value is -1.12. The van der Waals surface area contributed by atoms with Crippen LogP contribution in [0.2, 0.25) is 0 Å². The number of nitrogens with two attached hydrogens (primary N) is 1. The molecule has 1 aliphatic rings. The standard InChI is InChI=1S/C16H19NS/c1-11-10-14(12(2)18-11)15(17)16(8-9-16)13-6-4-3-5-7-13/h3-7,10,15H,8-9,17H2,1-2H3. The first-order valence-electron chi connectivity index (χ1n) is 6.51. The molecular weight excluding hydrogens is 238 g/mol. The second kappa shape index (κ2) is 4.22. The van der Waals surface area contributed by atoms with Gasteiger partial charge in [-0.15, -0.1) is 11.3 Å². The van der Waals surface area contributed by atoms with E-state index in [0.717, 1.165) is 0 Å². The lowest BCUT2D eigenvalue weighted by Crippen LogP contribution is -2.26. The summed E-state index contributed by atoms with van der Waals surface area (Å²) in [7, 11) is 0. The van der Waals surface area contributed by atoms with Gasteiger partial charge in [-0.1, -0.05) is 30.3 Å². The van der Waals surface area contributed by atoms with Crippen LogP contribution >= 0.6 is 11.3 Å². The van der Waals surface area contributed by atoms with Crippen molar-refractivity contribution in [3.05, 3.63) is 57.3 Å². The Morgan fingerprint density at radius 1 is 1.17 bits per heavy atom. The molecule has 94 valence electrons. The van der Waals surface area contributed by atoms with Crippen molar-refractivity contribution >= 4 is 11.3 Å². The van der Waals surface area contributed by atoms with Gasteiger partial charge in [0, 0.05) is 21.2 Å². The van der Waals surface area contributed by atoms with Crippen LogP contribution in [0.4, 0.5) is 0 Å². The number of hydrogen-bond acceptors (Lipinski definition) is 2. The average molecular weight is 257 g/mol. The largest absolute Gasteiger partial charge is 0.323 e. The highest BCUT2D eigenvalue weighted by Crippen LogP contribution is 2.56. The molecule has 1 aliphatic carbocycles. The fourth-order valence-electron chi connectivity index (χ4n) is 2.94. The minimum Gasteiger partial charge on any atom is -0.323 e. The average Bonchev–Trinajstić information content (AvgIpc) is 3.11. The Morgan fingerprint density at radius 3 is 2.33 bits per heavy atom. The molecule has 0 aliphatic heterocycles. The van der Waals surface area contributed by atoms with Crippen LogP contribution in [0.1, 0.15) is 39.8 Å². The smallest absolute Gasteiger partial charge is 0.0404 e. The molecular formula is C16H19NS. The van der Waals surface area contributed by atoms with E-state index >= 15 is 0 Å². The number of rotatable bonds is 3. The van der Waals surface area contributed by atoms with Crippen LogP contribution in [-0.2, 0) is 5.41 Å². The van der Waals surface area contributed by atoms with E-state index < -0.39 is 0 Å². The molecule has 0 bridgehead atoms. The lowest BCUT2D eigenvalue weighted by atomic mass is 9.84. The zero-order chi connectivity index (χ0) is 12.8. The van der Waals surface area contributed by atoms with Crippen molar-refractivity contribution in [2.45, 2.75) is 38.1 Å². The van der Waals surface area contributed by atoms with Gasteiger partial charge in [0.2, 0.25) is 0 Å². The van der Waals surface area contributed by atoms with E-state index in [1.807, 2.05) is 11.3 Å². The molecule has 3 rings (SSSR count). The topological polar surface area (TPSA) is 26.0 Å². The van der Waals surface area contributed by atoms with Crippen molar-refractivity contribution < 1.29 is 0 Å². The summed E-state index contributed by atoms with van der Waals surface area (Å²) in [6, 6.07) is 13.2. The third-order valence-corrected chi connectivity index (χ3v) is 5.13. The van der Waals surface area contributed by atoms with Crippen molar-refractivity contribution in [1.82, 2.24) is 0 Å². The van der Waals surface area contributed by atoms with E-state index in [-0.39, 0.29) is 11.5 Å². The maximum Gasteiger partial charge on any atom is 0.0404 e. The SMILES string of the molecule is Cc1cc(C(N)C2(c3ccccc3)CC2)c(C)s1. The van der Waals surface area contributed by atoms with Gasteiger partial charge in [-0.2, -0.15) is 0 Å². The molecule has 0 amide bonds. The van der Waals surface area contributed by atoms with Gasteiger partial charge in [0.1, 0.15) is 0 Å². The summed E-state index contributed by atoms with van der Waals surface area (Å²) in [6.45, 7) is 4.35. The van der Waals surface area contributed by atoms with Crippen LogP contribution < -0.4 is 5.73 Å². The van der Waals surface area contributed by atoms with E-state index in [0.29, 0.717) is 0 Å². The zero-order valence-electron chi connectivity index (χ0n) is 10.9. The van der Waals surface area contributed by atoms with E-state index in [2.05, 4.69) is 50.2 Å². The lowest BCUT2D eigenvalue weighted by molar-refractivity contribution is 0.541. The van der Waals surface area contributed by atoms with Gasteiger partial charge in [0.15, 0.2) is 0 Å². The van der Waals surface area contributed by atoms with Crippen LogP contribution in [0.15, 0.2) is 36.4 Å². The Morgan fingerprint density at radius 2 is 1.83 bits per heavy atom. The third kappa shape index (κ3) is 1.80. The van der Waals surface area contributed by atoms with Gasteiger partial charge in [-0.3, -0.25) is 0 Å². The Balaban J connectivity index is 1.98. The van der Waals surface area contributed by atoms with Crippen LogP contribution in [0.25, 0.3) is 0 Å². The second-order valence-corrected chi connectivity index (χ2v) is 6.83. The first kappa shape index (κ1) is 11.9. The van der Waals surface area contributed by atoms with Crippen LogP contribution in [0, 0.1) is 13.8 Å². The van der Waals surface area contributed by atoms with Crippen molar-refractivity contribution in [2.75, 3.05) is 0 Å². The highest BCUT2D eigenvalue weighted by atomic mass is 32.1. The molecule has 2 N–H and O–H groups in total. The zero-order valence-corrected chi connectivity index (χ0v) is 11.8. The lowest BCUT2D eigenvalue weighted by Gasteiger charge is -2.24. The molecule has 1 atom stereocenters. The first-order chi connectivity index (χ1) is 8.63. The summed E-state index contributed by atoms with van der Waals surface area (Å²) >= 11 is 1.86. The second-order valence-electron chi connectivity index (χ2n) is 5.37. The normalized spacial score (nSPS) is 18.6. The van der Waals surface area contributed by atoms with Gasteiger partial charge < -0.3 is 5.73 Å². The third-order valence-electron chi connectivity index (χ3n) is 4.15. The molecule has 2 aromatic rings. The van der Waals surface area contributed by atoms with E-state index in [1.165, 1.54) is 33.7 Å². The quantitative estimate of drug-likeness (QED) is 0.880. The summed E-state index contributed by atoms with van der Waals surface area (Å²) < 4.78 is 0. The number of benzene rings is 1. The predicted octanol–water partition coefficient (Wildman–Crippen LogP) is 4.10. The molecule has 0 saturated heterocycles. The molecule has 0 radical (unpaired) electrons. The fraction of sp³-hybridized carbons (Fsp3) is 0.375. The summed E-state index contributed by atoms with van der Waals surface area (Å²) in [4.78, 5) is 2.74. The van der Waals surface area contributed by atoms with E-state index in [4.69, 9.17) is 5.73 Å². The summed E-state index contributed by atoms with van der Waals surface area (Å²) in [5, 5.41) is 0. The van der Waals surface area contributed by atoms with Crippen molar-refractivity contribution in [2.24, 2.45) is 5.73 Å². The Kier molecular flexibility index (Phi) is 2.80. The predicted molar refractivity (Wildman–Crippen MR) is 78.1 cm³/mol. The van der Waals surface area contributed by atoms with Gasteiger partial charge in [-0.05, 0) is 43.9 Å². The van der Waals surface area contributed by atoms with E-state index in [1.54, 1.807) is 0 Å². The highest BCUT2D eigenvalue weighted by molar-refractivity contribution is 7.12. The fourth-order valence-corrected chi connectivity index (χ4v) is 3.91. The van der Waals surface area contributed by atoms with Crippen LogP contribution in [-0.4, -0.2) is 0 Å². The molecule has 1 heterocycles. The van der Waals surface area contributed by atoms with Gasteiger partial charge in [0.05, 0.1) is 0 Å². The van der Waals surface area contributed by atoms with Crippen molar-refractivity contribution in [3.8, 4) is 0 Å². The van der Waals surface area contributed by atoms with Gasteiger partial charge in [0.25, 0.3) is 0 Å². The Labute approximate surface area is 113 Å². The molecule has 0 spiro atoms. The van der Waals surface area contributed by atoms with Crippen LogP contribution in [0.5, 0.6) is 0 Å². The van der Waals surface area contributed by atoms with Gasteiger partial charge in [-0.25, -0.2) is 0 Å². The summed E-state index contributed by atoms with van der Waals surface area (Å²) in [6.07, 6.45) is 2.43. The van der Waals surface area contributed by atoms with Gasteiger partial charge >= 0.3 is 0 Å². The molecule has 18 heavy (non-hydrogen) atoms. The molecule has 1 nitrogen and oxygen atoms in total. The van der Waals surface area contributed by atoms with Crippen molar-refractivity contribution in [3.63, 3.8) is 0 Å². The van der Waals surface area contributed by atoms with Crippen molar-refractivity contribution in [1.29, 1.82) is 0 Å². The van der Waals surface area contributed by atoms with E-state index in [9.17, 15) is 0 Å². The monoisotopic (exact) mass is 257 g/mol. The highest BCUT2D eigenvalue weighted by Gasteiger charge is 2.50. The maximum atomic E-state index is 6.59. The maximum absolute atomic E-state index is 6.59. The number of hydrogen-bond donors (Lipinski definition) is 1. The molecule has 1 fully saturated rings. The molecule has 2 heteroatoms. The molecule has 1 saturated carbocycles. The molecule has 1 aromatic carbocycles. The summed E-state index contributed by atoms with van der Waals surface area (Å²) in [5.74, 6) is 0. The molecule has 1 unspecified atom stereocenters. The minimum absolute atomic E-state index is 0.143. The number of aryl methyl sites for hydroxylation is 2. The Bertz CT molecular complexity index is 552. The first-order valence-corrected chi connectivity index (χ1v) is 7.33. The van der Waals surface area contributed by atoms with Crippen LogP contribution in [0.3, 0.4) is 0 Å².